The fourth-order valence-corrected chi connectivity index (χ4v) is 8.55. The molecule has 2 aliphatic carbocycles. The summed E-state index contributed by atoms with van der Waals surface area (Å²) >= 11 is 12.7. The van der Waals surface area contributed by atoms with Crippen molar-refractivity contribution in [2.75, 3.05) is 112 Å². The number of piperazine rings is 1. The van der Waals surface area contributed by atoms with Crippen molar-refractivity contribution < 1.29 is 38.6 Å². The number of pyridine rings is 1. The topological polar surface area (TPSA) is 189 Å². The Bertz CT molecular complexity index is 1890. The first-order chi connectivity index (χ1) is 28.2. The molecule has 1 aliphatic heterocycles. The van der Waals surface area contributed by atoms with Crippen LogP contribution in [0.1, 0.15) is 24.8 Å². The minimum atomic E-state index is -0.692. The zero-order chi connectivity index (χ0) is 41.0. The first kappa shape index (κ1) is 43.9. The van der Waals surface area contributed by atoms with Crippen molar-refractivity contribution in [3.8, 4) is 23.3 Å². The second kappa shape index (κ2) is 21.5. The zero-order valence-corrected chi connectivity index (χ0v) is 34.7. The Labute approximate surface area is 349 Å². The highest BCUT2D eigenvalue weighted by molar-refractivity contribution is 6.37. The van der Waals surface area contributed by atoms with E-state index < -0.39 is 12.2 Å². The summed E-state index contributed by atoms with van der Waals surface area (Å²) in [6.45, 7) is 9.86. The van der Waals surface area contributed by atoms with Gasteiger partial charge in [-0.15, -0.1) is 0 Å². The van der Waals surface area contributed by atoms with Gasteiger partial charge in [-0.2, -0.15) is 5.26 Å². The SMILES string of the molecule is COc1cc(Nc2c(C#N)cnc3cc(OCCCN4CCN(CCOCCOCCOCCN=C(N)C5CC6CC5C(O)C6O)CC4)c(OC)cc23)c(Cl)cc1Cl. The van der Waals surface area contributed by atoms with E-state index in [9.17, 15) is 15.5 Å². The van der Waals surface area contributed by atoms with Gasteiger partial charge in [-0.3, -0.25) is 14.9 Å². The van der Waals surface area contributed by atoms with Gasteiger partial charge in [0.25, 0.3) is 0 Å². The third-order valence-corrected chi connectivity index (χ3v) is 11.8. The fourth-order valence-electron chi connectivity index (χ4n) is 8.05. The number of anilines is 2. The lowest BCUT2D eigenvalue weighted by Crippen LogP contribution is -2.47. The second-order valence-electron chi connectivity index (χ2n) is 14.8. The van der Waals surface area contributed by atoms with Crippen LogP contribution in [0.5, 0.6) is 17.2 Å². The van der Waals surface area contributed by atoms with Gasteiger partial charge in [-0.05, 0) is 43.2 Å². The molecule has 5 unspecified atom stereocenters. The average Bonchev–Trinajstić information content (AvgIpc) is 3.79. The molecule has 6 rings (SSSR count). The first-order valence-electron chi connectivity index (χ1n) is 19.9. The number of aliphatic imine (C=N–C) groups is 1. The van der Waals surface area contributed by atoms with Crippen molar-refractivity contribution in [2.45, 2.75) is 31.5 Å². The Morgan fingerprint density at radius 3 is 2.22 bits per heavy atom. The van der Waals surface area contributed by atoms with E-state index in [4.69, 9.17) is 57.4 Å². The van der Waals surface area contributed by atoms with E-state index in [0.29, 0.717) is 114 Å². The van der Waals surface area contributed by atoms with Gasteiger partial charge in [0.1, 0.15) is 11.8 Å². The van der Waals surface area contributed by atoms with Gasteiger partial charge in [0.15, 0.2) is 11.5 Å². The summed E-state index contributed by atoms with van der Waals surface area (Å²) in [6, 6.07) is 9.10. The molecule has 5 N–H and O–H groups in total. The molecule has 15 nitrogen and oxygen atoms in total. The number of halogens is 2. The van der Waals surface area contributed by atoms with E-state index in [1.165, 1.54) is 13.3 Å². The number of nitrogens with one attached hydrogen (secondary N) is 1. The van der Waals surface area contributed by atoms with E-state index in [0.717, 1.165) is 58.5 Å². The van der Waals surface area contributed by atoms with Crippen LogP contribution in [-0.4, -0.2) is 149 Å². The van der Waals surface area contributed by atoms with Gasteiger partial charge in [0, 0.05) is 68.9 Å². The predicted molar refractivity (Wildman–Crippen MR) is 223 cm³/mol. The van der Waals surface area contributed by atoms with Crippen molar-refractivity contribution in [3.63, 3.8) is 0 Å². The Hall–Kier alpha value is -3.69. The molecule has 3 aliphatic rings. The highest BCUT2D eigenvalue weighted by Crippen LogP contribution is 2.48. The first-order valence-corrected chi connectivity index (χ1v) is 20.6. The summed E-state index contributed by atoms with van der Waals surface area (Å²) < 4.78 is 34.3. The van der Waals surface area contributed by atoms with E-state index in [1.54, 1.807) is 19.2 Å². The molecule has 3 fully saturated rings. The molecule has 0 spiro atoms. The number of amidine groups is 1. The minimum absolute atomic E-state index is 0.0143. The van der Waals surface area contributed by atoms with Crippen molar-refractivity contribution in [3.05, 3.63) is 46.1 Å². The van der Waals surface area contributed by atoms with Gasteiger partial charge in [-0.1, -0.05) is 23.2 Å². The number of hydrogen-bond acceptors (Lipinski definition) is 14. The summed E-state index contributed by atoms with van der Waals surface area (Å²) in [5.74, 6) is 2.31. The number of aromatic nitrogens is 1. The number of nitriles is 1. The number of methoxy groups -OCH3 is 2. The number of benzene rings is 2. The summed E-state index contributed by atoms with van der Waals surface area (Å²) in [5, 5.41) is 34.7. The number of fused-ring (bicyclic) bond motifs is 3. The van der Waals surface area contributed by atoms with Gasteiger partial charge in [0.05, 0.1) is 118 Å². The van der Waals surface area contributed by atoms with Crippen LogP contribution in [-0.2, 0) is 14.2 Å². The highest BCUT2D eigenvalue weighted by atomic mass is 35.5. The number of rotatable bonds is 22. The molecule has 0 radical (unpaired) electrons. The van der Waals surface area contributed by atoms with E-state index in [-0.39, 0.29) is 17.8 Å². The second-order valence-corrected chi connectivity index (χ2v) is 15.6. The van der Waals surface area contributed by atoms with Gasteiger partial charge >= 0.3 is 0 Å². The number of aliphatic hydroxyl groups excluding tert-OH is 2. The summed E-state index contributed by atoms with van der Waals surface area (Å²) in [4.78, 5) is 13.8. The molecule has 2 bridgehead atoms. The van der Waals surface area contributed by atoms with Crippen LogP contribution >= 0.6 is 23.2 Å². The van der Waals surface area contributed by atoms with Crippen LogP contribution in [0.4, 0.5) is 11.4 Å². The van der Waals surface area contributed by atoms with Crippen LogP contribution in [0, 0.1) is 29.1 Å². The Balaban J connectivity index is 0.819. The molecular formula is C41H55Cl2N7O8. The van der Waals surface area contributed by atoms with Crippen LogP contribution in [0.15, 0.2) is 35.5 Å². The Morgan fingerprint density at radius 2 is 1.55 bits per heavy atom. The predicted octanol–water partition coefficient (Wildman–Crippen LogP) is 4.35. The molecule has 17 heteroatoms. The van der Waals surface area contributed by atoms with Crippen molar-refractivity contribution >= 4 is 51.3 Å². The third kappa shape index (κ3) is 11.1. The largest absolute Gasteiger partial charge is 0.495 e. The Morgan fingerprint density at radius 1 is 0.862 bits per heavy atom. The van der Waals surface area contributed by atoms with Crippen LogP contribution in [0.25, 0.3) is 10.9 Å². The van der Waals surface area contributed by atoms with Crippen molar-refractivity contribution in [1.29, 1.82) is 5.26 Å². The van der Waals surface area contributed by atoms with Gasteiger partial charge < -0.3 is 54.6 Å². The molecule has 2 heterocycles. The van der Waals surface area contributed by atoms with E-state index >= 15 is 0 Å². The molecule has 1 saturated heterocycles. The maximum atomic E-state index is 10.1. The van der Waals surface area contributed by atoms with Crippen LogP contribution in [0.3, 0.4) is 0 Å². The molecule has 316 valence electrons. The molecular weight excluding hydrogens is 789 g/mol. The molecule has 5 atom stereocenters. The van der Waals surface area contributed by atoms with Gasteiger partial charge in [0.2, 0.25) is 0 Å². The van der Waals surface area contributed by atoms with Crippen LogP contribution in [0.2, 0.25) is 10.0 Å². The minimum Gasteiger partial charge on any atom is -0.495 e. The lowest BCUT2D eigenvalue weighted by molar-refractivity contribution is -0.0245. The van der Waals surface area contributed by atoms with Gasteiger partial charge in [-0.25, -0.2) is 0 Å². The molecule has 0 amide bonds. The Kier molecular flexibility index (Phi) is 16.3. The fraction of sp³-hybridized carbons (Fsp3) is 0.585. The summed E-state index contributed by atoms with van der Waals surface area (Å²) in [5.41, 5.74) is 8.19. The quantitative estimate of drug-likeness (QED) is 0.0635. The molecule has 2 aromatic carbocycles. The van der Waals surface area contributed by atoms with Crippen molar-refractivity contribution in [1.82, 2.24) is 14.8 Å². The maximum absolute atomic E-state index is 10.1. The number of ether oxygens (including phenoxy) is 6. The number of nitrogens with zero attached hydrogens (tertiary/aromatic N) is 5. The van der Waals surface area contributed by atoms with Crippen molar-refractivity contribution in [2.24, 2.45) is 28.5 Å². The molecule has 1 aromatic heterocycles. The van der Waals surface area contributed by atoms with E-state index in [1.807, 2.05) is 12.1 Å². The summed E-state index contributed by atoms with van der Waals surface area (Å²) in [7, 11) is 3.10. The average molecular weight is 845 g/mol. The van der Waals surface area contributed by atoms with Crippen LogP contribution < -0.4 is 25.3 Å². The normalized spacial score (nSPS) is 22.4. The maximum Gasteiger partial charge on any atom is 0.163 e. The highest BCUT2D eigenvalue weighted by Gasteiger charge is 2.52. The number of hydrogen-bond donors (Lipinski definition) is 4. The lowest BCUT2D eigenvalue weighted by atomic mass is 9.84. The lowest BCUT2D eigenvalue weighted by Gasteiger charge is -2.34. The standard InChI is InChI=1S/C41H55Cl2N7O8/c1-53-35-23-34(31(42)21-32(35)43)48-38-27(24-44)25-47-33-22-37(36(54-2)20-30(33)38)58-11-3-5-49-6-8-50(9-7-49)10-13-56-15-17-57-16-14-55-12-4-46-41(45)29-19-26-18-28(29)40(52)39(26)51/h20-23,25-26,28-29,39-40,51-52H,3-19H2,1-2H3,(H2,45,46)(H,47,48). The smallest absolute Gasteiger partial charge is 0.163 e. The molecule has 2 saturated carbocycles. The van der Waals surface area contributed by atoms with E-state index in [2.05, 4.69) is 31.2 Å². The number of aliphatic hydroxyl groups is 2. The summed E-state index contributed by atoms with van der Waals surface area (Å²) in [6.07, 6.45) is 2.66. The number of nitrogens with two attached hydrogens (primary N) is 1. The molecule has 58 heavy (non-hydrogen) atoms. The molecule has 3 aromatic rings. The third-order valence-electron chi connectivity index (χ3n) is 11.2. The zero-order valence-electron chi connectivity index (χ0n) is 33.2. The monoisotopic (exact) mass is 843 g/mol.